The van der Waals surface area contributed by atoms with Crippen LogP contribution >= 0.6 is 33.9 Å². The van der Waals surface area contributed by atoms with Gasteiger partial charge < -0.3 is 20.3 Å². The zero-order valence-corrected chi connectivity index (χ0v) is 19.8. The monoisotopic (exact) mass is 532 g/mol. The Morgan fingerprint density at radius 3 is 2.79 bits per heavy atom. The smallest absolute Gasteiger partial charge is 0.225 e. The van der Waals surface area contributed by atoms with Crippen LogP contribution < -0.4 is 10.1 Å². The van der Waals surface area contributed by atoms with Crippen LogP contribution in [0, 0.1) is 5.92 Å². The van der Waals surface area contributed by atoms with Gasteiger partial charge in [-0.25, -0.2) is 0 Å². The Hall–Kier alpha value is -1.23. The highest BCUT2D eigenvalue weighted by molar-refractivity contribution is 14.1. The molecule has 0 spiro atoms. The molecule has 0 saturated carbocycles. The first-order valence-electron chi connectivity index (χ1n) is 9.65. The summed E-state index contributed by atoms with van der Waals surface area (Å²) in [4.78, 5) is 17.1. The molecule has 1 aromatic carbocycles. The fraction of sp³-hybridized carbons (Fsp3) is 0.524. The Morgan fingerprint density at radius 2 is 2.17 bits per heavy atom. The van der Waals surface area contributed by atoms with Gasteiger partial charge in [0, 0.05) is 21.4 Å². The quantitative estimate of drug-likeness (QED) is 0.289. The van der Waals surface area contributed by atoms with E-state index in [1.165, 1.54) is 37.2 Å². The summed E-state index contributed by atoms with van der Waals surface area (Å²) >= 11 is 3.57. The third-order valence-electron chi connectivity index (χ3n) is 4.29. The lowest BCUT2D eigenvalue weighted by Gasteiger charge is -2.24. The molecule has 2 unspecified atom stereocenters. The highest BCUT2D eigenvalue weighted by Crippen LogP contribution is 2.23. The molecule has 1 aliphatic heterocycles. The van der Waals surface area contributed by atoms with E-state index in [4.69, 9.17) is 4.74 Å². The molecule has 1 aromatic heterocycles. The van der Waals surface area contributed by atoms with Gasteiger partial charge in [-0.05, 0) is 51.2 Å². The number of alkyl halides is 1. The van der Waals surface area contributed by atoms with Gasteiger partial charge in [-0.2, -0.15) is 0 Å². The minimum Gasteiger partial charge on any atom is -0.493 e. The lowest BCUT2D eigenvalue weighted by atomic mass is 9.96. The molecule has 6 nitrogen and oxygen atoms in total. The van der Waals surface area contributed by atoms with Gasteiger partial charge in [-0.1, -0.05) is 40.8 Å². The van der Waals surface area contributed by atoms with Crippen LogP contribution in [0.5, 0.6) is 5.75 Å². The highest BCUT2D eigenvalue weighted by atomic mass is 127. The third-order valence-corrected chi connectivity index (χ3v) is 6.10. The van der Waals surface area contributed by atoms with E-state index in [0.29, 0.717) is 17.3 Å². The number of aromatic nitrogens is 1. The van der Waals surface area contributed by atoms with Crippen LogP contribution in [-0.2, 0) is 17.6 Å². The van der Waals surface area contributed by atoms with Gasteiger partial charge in [0.05, 0.1) is 18.2 Å². The number of halogens is 1. The van der Waals surface area contributed by atoms with Crippen molar-refractivity contribution in [1.82, 2.24) is 10.3 Å². The minimum atomic E-state index is -1.25. The van der Waals surface area contributed by atoms with Crippen molar-refractivity contribution in [3.63, 3.8) is 0 Å². The van der Waals surface area contributed by atoms with Crippen LogP contribution in [0.1, 0.15) is 37.1 Å². The molecule has 29 heavy (non-hydrogen) atoms. The Bertz CT molecular complexity index is 724. The van der Waals surface area contributed by atoms with E-state index in [9.17, 15) is 15.0 Å². The molecule has 1 aliphatic rings. The second-order valence-electron chi connectivity index (χ2n) is 7.52. The van der Waals surface area contributed by atoms with Crippen molar-refractivity contribution >= 4 is 39.8 Å². The maximum atomic E-state index is 12.1. The van der Waals surface area contributed by atoms with Crippen LogP contribution in [0.2, 0.25) is 0 Å². The molecule has 2 aromatic rings. The zero-order valence-electron chi connectivity index (χ0n) is 16.8. The van der Waals surface area contributed by atoms with Crippen LogP contribution in [-0.4, -0.2) is 44.0 Å². The van der Waals surface area contributed by atoms with Crippen molar-refractivity contribution in [2.75, 3.05) is 11.0 Å². The molecule has 0 saturated heterocycles. The first-order valence-corrected chi connectivity index (χ1v) is 12.1. The van der Waals surface area contributed by atoms with Gasteiger partial charge >= 0.3 is 0 Å². The van der Waals surface area contributed by atoms with E-state index in [1.807, 2.05) is 12.1 Å². The number of aryl methyl sites for hydroxylation is 1. The number of para-hydroxylation sites is 1. The summed E-state index contributed by atoms with van der Waals surface area (Å²) in [5.74, 6) is 0.468. The van der Waals surface area contributed by atoms with E-state index in [1.54, 1.807) is 11.7 Å². The van der Waals surface area contributed by atoms with Gasteiger partial charge in [0.1, 0.15) is 11.5 Å². The Morgan fingerprint density at radius 1 is 1.41 bits per heavy atom. The predicted molar refractivity (Wildman–Crippen MR) is 124 cm³/mol. The number of aliphatic hydroxyl groups is 2. The van der Waals surface area contributed by atoms with Gasteiger partial charge in [-0.3, -0.25) is 9.78 Å². The van der Waals surface area contributed by atoms with E-state index in [-0.39, 0.29) is 11.8 Å². The number of ether oxygens (including phenoxy) is 1. The number of thiazole rings is 1. The van der Waals surface area contributed by atoms with Gasteiger partial charge in [0.25, 0.3) is 0 Å². The van der Waals surface area contributed by atoms with Crippen molar-refractivity contribution in [3.8, 4) is 5.75 Å². The lowest BCUT2D eigenvalue weighted by molar-refractivity contribution is -0.132. The summed E-state index contributed by atoms with van der Waals surface area (Å²) in [6.07, 6.45) is 4.45. The second-order valence-corrected chi connectivity index (χ2v) is 9.37. The van der Waals surface area contributed by atoms with E-state index in [0.717, 1.165) is 23.7 Å². The summed E-state index contributed by atoms with van der Waals surface area (Å²) in [7, 11) is 0. The molecule has 3 N–H and O–H groups in total. The number of rotatable bonds is 7. The Labute approximate surface area is 189 Å². The molecule has 160 valence electrons. The first kappa shape index (κ1) is 24.0. The van der Waals surface area contributed by atoms with Crippen LogP contribution in [0.3, 0.4) is 0 Å². The number of aliphatic hydroxyl groups excluding tert-OH is 1. The molecule has 0 bridgehead atoms. The van der Waals surface area contributed by atoms with Crippen LogP contribution in [0.25, 0.3) is 0 Å². The average molecular weight is 532 g/mol. The second kappa shape index (κ2) is 11.8. The maximum absolute atomic E-state index is 12.1. The molecule has 0 aliphatic carbocycles. The summed E-state index contributed by atoms with van der Waals surface area (Å²) in [6, 6.07) is 8.25. The standard InChI is InChI=1S/C12H19IN2O3S.C9H10O/c1-12(2,18)15-11(17)8(3-9(16)5-13)4-10-6-14-7-19-10;1-2-6-9-8(4-1)5-3-7-10-9/h6-9,16,18H,3-5H2,1-2H3,(H,15,17);1-2,4,6H,3,5,7H2. The van der Waals surface area contributed by atoms with Crippen LogP contribution in [0.15, 0.2) is 36.0 Å². The molecular formula is C21H29IN2O4S. The van der Waals surface area contributed by atoms with Gasteiger partial charge in [0.15, 0.2) is 0 Å². The number of hydrogen-bond donors (Lipinski definition) is 3. The van der Waals surface area contributed by atoms with Crippen molar-refractivity contribution < 1.29 is 19.7 Å². The number of nitrogens with zero attached hydrogens (tertiary/aromatic N) is 1. The maximum Gasteiger partial charge on any atom is 0.225 e. The number of fused-ring (bicyclic) bond motifs is 1. The first-order chi connectivity index (χ1) is 13.8. The van der Waals surface area contributed by atoms with E-state index < -0.39 is 11.8 Å². The molecular weight excluding hydrogens is 503 g/mol. The van der Waals surface area contributed by atoms with E-state index >= 15 is 0 Å². The predicted octanol–water partition coefficient (Wildman–Crippen LogP) is 3.34. The summed E-state index contributed by atoms with van der Waals surface area (Å²) in [6.45, 7) is 3.92. The van der Waals surface area contributed by atoms with Gasteiger partial charge in [-0.15, -0.1) is 11.3 Å². The molecule has 3 rings (SSSR count). The van der Waals surface area contributed by atoms with Crippen LogP contribution in [0.4, 0.5) is 0 Å². The average Bonchev–Trinajstić information content (AvgIpc) is 3.20. The highest BCUT2D eigenvalue weighted by Gasteiger charge is 2.26. The largest absolute Gasteiger partial charge is 0.493 e. The molecule has 2 heterocycles. The topological polar surface area (TPSA) is 91.7 Å². The third kappa shape index (κ3) is 8.98. The fourth-order valence-electron chi connectivity index (χ4n) is 2.96. The zero-order chi connectivity index (χ0) is 21.3. The summed E-state index contributed by atoms with van der Waals surface area (Å²) in [5.41, 5.74) is 1.82. The number of nitrogens with one attached hydrogen (secondary N) is 1. The van der Waals surface area contributed by atoms with E-state index in [2.05, 4.69) is 45.0 Å². The normalized spacial score (nSPS) is 15.2. The van der Waals surface area contributed by atoms with Crippen molar-refractivity contribution in [2.45, 2.75) is 51.4 Å². The Balaban J connectivity index is 0.000000248. The molecule has 0 radical (unpaired) electrons. The molecule has 1 amide bonds. The fourth-order valence-corrected chi connectivity index (χ4v) is 4.00. The number of amides is 1. The SMILES string of the molecule is CC(C)(O)NC(=O)C(Cc1cncs1)CC(O)CI.c1ccc2c(c1)CCCO2. The summed E-state index contributed by atoms with van der Waals surface area (Å²) in [5, 5.41) is 21.9. The molecule has 0 fully saturated rings. The molecule has 8 heteroatoms. The van der Waals surface area contributed by atoms with Gasteiger partial charge in [0.2, 0.25) is 5.91 Å². The summed E-state index contributed by atoms with van der Waals surface area (Å²) < 4.78 is 6.00. The lowest BCUT2D eigenvalue weighted by Crippen LogP contribution is -2.47. The number of benzene rings is 1. The molecule has 2 atom stereocenters. The number of carbonyl (C=O) groups excluding carboxylic acids is 1. The van der Waals surface area contributed by atoms with Crippen molar-refractivity contribution in [2.24, 2.45) is 5.92 Å². The van der Waals surface area contributed by atoms with Crippen molar-refractivity contribution in [3.05, 3.63) is 46.4 Å². The number of hydrogen-bond acceptors (Lipinski definition) is 6. The number of carbonyl (C=O) groups is 1. The Kier molecular flexibility index (Phi) is 9.81. The minimum absolute atomic E-state index is 0.246. The van der Waals surface area contributed by atoms with Crippen molar-refractivity contribution in [1.29, 1.82) is 0 Å².